The van der Waals surface area contributed by atoms with Crippen LogP contribution in [0.15, 0.2) is 60.7 Å². The molecule has 6 atom stereocenters. The van der Waals surface area contributed by atoms with Crippen LogP contribution >= 0.6 is 0 Å². The summed E-state index contributed by atoms with van der Waals surface area (Å²) >= 11 is 0. The third-order valence-electron chi connectivity index (χ3n) is 9.98. The number of hydrogen-bond acceptors (Lipinski definition) is 9. The van der Waals surface area contributed by atoms with Crippen molar-refractivity contribution in [3.63, 3.8) is 0 Å². The van der Waals surface area contributed by atoms with Crippen LogP contribution in [0.3, 0.4) is 0 Å². The Hall–Kier alpha value is -4.33. The van der Waals surface area contributed by atoms with Gasteiger partial charge < -0.3 is 37.1 Å². The van der Waals surface area contributed by atoms with Crippen LogP contribution < -0.4 is 27.4 Å². The third kappa shape index (κ3) is 12.9. The quantitative estimate of drug-likeness (QED) is 0.0990. The summed E-state index contributed by atoms with van der Waals surface area (Å²) in [5.74, 6) is -1.33. The molecular formula is C40H59N7O6. The third-order valence-corrected chi connectivity index (χ3v) is 9.98. The van der Waals surface area contributed by atoms with Crippen molar-refractivity contribution in [2.24, 2.45) is 29.2 Å². The summed E-state index contributed by atoms with van der Waals surface area (Å²) in [6.45, 7) is 9.25. The minimum Gasteiger partial charge on any atom is -0.465 e. The second kappa shape index (κ2) is 20.8. The number of likely N-dealkylation sites (tertiary alicyclic amines) is 2. The van der Waals surface area contributed by atoms with E-state index < -0.39 is 41.9 Å². The summed E-state index contributed by atoms with van der Waals surface area (Å²) in [6, 6.07) is 15.1. The lowest BCUT2D eigenvalue weighted by Crippen LogP contribution is -2.58. The standard InChI is InChI=1S/C40H59N7O6/c1-4-53-36(48)26-46-22-30-24-47(25-31(30)23-46)40(52)33(17-11-12-18-41)43-38(50)34(19-27(2)3)45-39(51)35(21-29-15-9-6-10-16-29)44-37(49)32(42)20-28-13-7-5-8-14-28/h5-10,13-16,27,30-35H,4,11-12,17-26,41-42H2,1-3H3,(H,43,50)(H,44,49)(H,45,51). The summed E-state index contributed by atoms with van der Waals surface area (Å²) in [5, 5.41) is 8.74. The number of nitrogens with two attached hydrogens (primary N) is 2. The van der Waals surface area contributed by atoms with Crippen molar-refractivity contribution in [3.05, 3.63) is 71.8 Å². The van der Waals surface area contributed by atoms with Gasteiger partial charge in [-0.05, 0) is 74.5 Å². The van der Waals surface area contributed by atoms with Gasteiger partial charge in [0, 0.05) is 32.6 Å². The van der Waals surface area contributed by atoms with Crippen LogP contribution in [0.4, 0.5) is 0 Å². The van der Waals surface area contributed by atoms with Gasteiger partial charge in [0.2, 0.25) is 23.6 Å². The van der Waals surface area contributed by atoms with Crippen molar-refractivity contribution < 1.29 is 28.7 Å². The van der Waals surface area contributed by atoms with Gasteiger partial charge in [0.1, 0.15) is 18.1 Å². The molecule has 290 valence electrons. The minimum atomic E-state index is -0.997. The molecule has 53 heavy (non-hydrogen) atoms. The number of unbranched alkanes of at least 4 members (excludes halogenated alkanes) is 1. The van der Waals surface area contributed by atoms with Gasteiger partial charge in [-0.15, -0.1) is 0 Å². The number of rotatable bonds is 20. The normalized spacial score (nSPS) is 19.2. The zero-order chi connectivity index (χ0) is 38.3. The topological polar surface area (TPSA) is 189 Å². The Kier molecular flexibility index (Phi) is 16.2. The number of amides is 4. The molecule has 0 bridgehead atoms. The molecule has 2 aromatic rings. The summed E-state index contributed by atoms with van der Waals surface area (Å²) in [6.07, 6.45) is 2.59. The van der Waals surface area contributed by atoms with Crippen LogP contribution in [-0.2, 0) is 41.6 Å². The Morgan fingerprint density at radius 3 is 1.87 bits per heavy atom. The Morgan fingerprint density at radius 1 is 0.755 bits per heavy atom. The number of hydrogen-bond donors (Lipinski definition) is 5. The number of benzene rings is 2. The largest absolute Gasteiger partial charge is 0.465 e. The van der Waals surface area contributed by atoms with Gasteiger partial charge in [-0.3, -0.25) is 28.9 Å². The molecule has 6 unspecified atom stereocenters. The molecule has 4 amide bonds. The van der Waals surface area contributed by atoms with Gasteiger partial charge in [0.25, 0.3) is 0 Å². The highest BCUT2D eigenvalue weighted by atomic mass is 16.5. The van der Waals surface area contributed by atoms with E-state index in [4.69, 9.17) is 16.2 Å². The first-order valence-corrected chi connectivity index (χ1v) is 19.1. The molecule has 0 radical (unpaired) electrons. The summed E-state index contributed by atoms with van der Waals surface area (Å²) < 4.78 is 5.11. The molecule has 2 saturated heterocycles. The molecule has 0 spiro atoms. The fourth-order valence-corrected chi connectivity index (χ4v) is 7.31. The van der Waals surface area contributed by atoms with Crippen molar-refractivity contribution in [1.82, 2.24) is 25.8 Å². The van der Waals surface area contributed by atoms with Crippen LogP contribution in [0.2, 0.25) is 0 Å². The highest BCUT2D eigenvalue weighted by Gasteiger charge is 2.43. The van der Waals surface area contributed by atoms with Gasteiger partial charge >= 0.3 is 5.97 Å². The van der Waals surface area contributed by atoms with Crippen LogP contribution in [-0.4, -0.2) is 109 Å². The van der Waals surface area contributed by atoms with Crippen LogP contribution in [0.5, 0.6) is 0 Å². The molecule has 7 N–H and O–H groups in total. The highest BCUT2D eigenvalue weighted by Crippen LogP contribution is 2.31. The average molecular weight is 734 g/mol. The molecular weight excluding hydrogens is 674 g/mol. The van der Waals surface area contributed by atoms with Crippen molar-refractivity contribution >= 4 is 29.6 Å². The molecule has 0 saturated carbocycles. The Balaban J connectivity index is 1.44. The lowest BCUT2D eigenvalue weighted by molar-refractivity contribution is -0.144. The SMILES string of the molecule is CCOC(=O)CN1CC2CN(C(=O)C(CCCCN)NC(=O)C(CC(C)C)NC(=O)C(Cc3ccccc3)NC(=O)C(N)Cc3ccccc3)CC2C1. The highest BCUT2D eigenvalue weighted by molar-refractivity contribution is 5.95. The van der Waals surface area contributed by atoms with E-state index in [1.807, 2.05) is 79.4 Å². The van der Waals surface area contributed by atoms with E-state index in [2.05, 4.69) is 20.9 Å². The van der Waals surface area contributed by atoms with Crippen LogP contribution in [0.1, 0.15) is 57.6 Å². The number of carbonyl (C=O) groups is 5. The number of ether oxygens (including phenoxy) is 1. The average Bonchev–Trinajstić information content (AvgIpc) is 3.70. The first-order valence-electron chi connectivity index (χ1n) is 19.1. The smallest absolute Gasteiger partial charge is 0.320 e. The van der Waals surface area contributed by atoms with Crippen LogP contribution in [0, 0.1) is 17.8 Å². The second-order valence-corrected chi connectivity index (χ2v) is 14.8. The molecule has 13 nitrogen and oxygen atoms in total. The maximum atomic E-state index is 14.0. The maximum absolute atomic E-state index is 14.0. The number of fused-ring (bicyclic) bond motifs is 1. The lowest BCUT2D eigenvalue weighted by Gasteiger charge is -2.29. The first kappa shape index (κ1) is 41.4. The summed E-state index contributed by atoms with van der Waals surface area (Å²) in [5.41, 5.74) is 13.8. The Labute approximate surface area is 313 Å². The van der Waals surface area contributed by atoms with Crippen molar-refractivity contribution in [2.45, 2.75) is 83.5 Å². The monoisotopic (exact) mass is 733 g/mol. The van der Waals surface area contributed by atoms with Crippen LogP contribution in [0.25, 0.3) is 0 Å². The fraction of sp³-hybridized carbons (Fsp3) is 0.575. The summed E-state index contributed by atoms with van der Waals surface area (Å²) in [4.78, 5) is 71.2. The van der Waals surface area contributed by atoms with Gasteiger partial charge in [0.05, 0.1) is 19.2 Å². The molecule has 0 aliphatic carbocycles. The molecule has 2 aliphatic rings. The van der Waals surface area contributed by atoms with E-state index in [1.165, 1.54) is 0 Å². The van der Waals surface area contributed by atoms with E-state index in [1.54, 1.807) is 6.92 Å². The first-order chi connectivity index (χ1) is 25.5. The number of nitrogens with one attached hydrogen (secondary N) is 3. The van der Waals surface area contributed by atoms with Gasteiger partial charge in [0.15, 0.2) is 0 Å². The van der Waals surface area contributed by atoms with E-state index in [0.717, 1.165) is 11.1 Å². The van der Waals surface area contributed by atoms with Crippen molar-refractivity contribution in [3.8, 4) is 0 Å². The molecule has 13 heteroatoms. The lowest BCUT2D eigenvalue weighted by atomic mass is 9.99. The zero-order valence-corrected chi connectivity index (χ0v) is 31.5. The number of nitrogens with zero attached hydrogens (tertiary/aromatic N) is 2. The van der Waals surface area contributed by atoms with Gasteiger partial charge in [-0.2, -0.15) is 0 Å². The van der Waals surface area contributed by atoms with E-state index in [-0.39, 0.29) is 42.6 Å². The molecule has 2 heterocycles. The Bertz CT molecular complexity index is 1480. The zero-order valence-electron chi connectivity index (χ0n) is 31.5. The van der Waals surface area contributed by atoms with Gasteiger partial charge in [-0.1, -0.05) is 74.5 Å². The van der Waals surface area contributed by atoms with E-state index in [0.29, 0.717) is 71.4 Å². The second-order valence-electron chi connectivity index (χ2n) is 14.8. The Morgan fingerprint density at radius 2 is 1.30 bits per heavy atom. The molecule has 4 rings (SSSR count). The predicted octanol–water partition coefficient (Wildman–Crippen LogP) is 1.38. The molecule has 0 aromatic heterocycles. The predicted molar refractivity (Wildman–Crippen MR) is 203 cm³/mol. The molecule has 2 aromatic carbocycles. The van der Waals surface area contributed by atoms with Crippen molar-refractivity contribution in [2.75, 3.05) is 45.9 Å². The minimum absolute atomic E-state index is 0.0365. The van der Waals surface area contributed by atoms with Gasteiger partial charge in [-0.25, -0.2) is 0 Å². The number of carbonyl (C=O) groups excluding carboxylic acids is 5. The molecule has 2 fully saturated rings. The van der Waals surface area contributed by atoms with E-state index >= 15 is 0 Å². The number of esters is 1. The fourth-order valence-electron chi connectivity index (χ4n) is 7.31. The summed E-state index contributed by atoms with van der Waals surface area (Å²) in [7, 11) is 0. The maximum Gasteiger partial charge on any atom is 0.320 e. The van der Waals surface area contributed by atoms with Crippen molar-refractivity contribution in [1.29, 1.82) is 0 Å². The molecule has 2 aliphatic heterocycles. The van der Waals surface area contributed by atoms with E-state index in [9.17, 15) is 24.0 Å².